The van der Waals surface area contributed by atoms with E-state index < -0.39 is 24.0 Å². The molecule has 5 heteroatoms. The molecular weight excluding hydrogens is 246 g/mol. The highest BCUT2D eigenvalue weighted by atomic mass is 16.4. The third-order valence-corrected chi connectivity index (χ3v) is 2.89. The Hall–Kier alpha value is -1.88. The van der Waals surface area contributed by atoms with Crippen LogP contribution in [-0.4, -0.2) is 28.2 Å². The SMILES string of the molecule is CCCC[C@H](N[C@@H](C(=O)O)c1ccccc1)C(=O)O. The van der Waals surface area contributed by atoms with Crippen LogP contribution in [0.2, 0.25) is 0 Å². The van der Waals surface area contributed by atoms with Gasteiger partial charge in [0.2, 0.25) is 0 Å². The topological polar surface area (TPSA) is 86.6 Å². The Morgan fingerprint density at radius 3 is 2.26 bits per heavy atom. The molecule has 0 bridgehead atoms. The maximum absolute atomic E-state index is 11.3. The van der Waals surface area contributed by atoms with E-state index in [0.29, 0.717) is 12.0 Å². The molecule has 0 amide bonds. The molecule has 0 saturated carbocycles. The molecule has 19 heavy (non-hydrogen) atoms. The maximum Gasteiger partial charge on any atom is 0.325 e. The van der Waals surface area contributed by atoms with E-state index in [1.54, 1.807) is 30.3 Å². The van der Waals surface area contributed by atoms with E-state index in [0.717, 1.165) is 12.8 Å². The third-order valence-electron chi connectivity index (χ3n) is 2.89. The summed E-state index contributed by atoms with van der Waals surface area (Å²) in [6.07, 6.45) is 2.03. The number of unbranched alkanes of at least 4 members (excludes halogenated alkanes) is 1. The molecule has 1 aromatic rings. The molecule has 0 aliphatic heterocycles. The first-order valence-corrected chi connectivity index (χ1v) is 6.32. The molecule has 0 unspecified atom stereocenters. The van der Waals surface area contributed by atoms with Crippen molar-refractivity contribution in [2.24, 2.45) is 0 Å². The number of hydrogen-bond donors (Lipinski definition) is 3. The van der Waals surface area contributed by atoms with Crippen molar-refractivity contribution in [2.75, 3.05) is 0 Å². The average molecular weight is 265 g/mol. The Labute approximate surface area is 112 Å². The molecular formula is C14H19NO4. The standard InChI is InChI=1S/C14H19NO4/c1-2-3-9-11(13(16)17)15-12(14(18)19)10-7-5-4-6-8-10/h4-8,11-12,15H,2-3,9H2,1H3,(H,16,17)(H,18,19)/t11-,12+/m0/s1. The highest BCUT2D eigenvalue weighted by molar-refractivity contribution is 5.78. The number of benzene rings is 1. The molecule has 0 saturated heterocycles. The van der Waals surface area contributed by atoms with Gasteiger partial charge in [-0.3, -0.25) is 14.9 Å². The molecule has 2 atom stereocenters. The summed E-state index contributed by atoms with van der Waals surface area (Å²) in [5.74, 6) is -2.09. The highest BCUT2D eigenvalue weighted by Gasteiger charge is 2.26. The lowest BCUT2D eigenvalue weighted by Crippen LogP contribution is -2.42. The van der Waals surface area contributed by atoms with Crippen molar-refractivity contribution in [3.63, 3.8) is 0 Å². The number of carboxylic acid groups (broad SMARTS) is 2. The maximum atomic E-state index is 11.3. The van der Waals surface area contributed by atoms with Crippen molar-refractivity contribution in [1.29, 1.82) is 0 Å². The predicted octanol–water partition coefficient (Wildman–Crippen LogP) is 2.05. The molecule has 1 rings (SSSR count). The van der Waals surface area contributed by atoms with Gasteiger partial charge in [-0.15, -0.1) is 0 Å². The Bertz CT molecular complexity index is 419. The Balaban J connectivity index is 2.82. The summed E-state index contributed by atoms with van der Waals surface area (Å²) >= 11 is 0. The minimum Gasteiger partial charge on any atom is -0.480 e. The Kier molecular flexibility index (Phi) is 6.02. The zero-order chi connectivity index (χ0) is 14.3. The summed E-state index contributed by atoms with van der Waals surface area (Å²) in [6.45, 7) is 1.96. The monoisotopic (exact) mass is 265 g/mol. The number of aliphatic carboxylic acids is 2. The van der Waals surface area contributed by atoms with Gasteiger partial charge < -0.3 is 10.2 Å². The van der Waals surface area contributed by atoms with Crippen LogP contribution in [0.5, 0.6) is 0 Å². The van der Waals surface area contributed by atoms with Crippen LogP contribution in [0.25, 0.3) is 0 Å². The van der Waals surface area contributed by atoms with Crippen molar-refractivity contribution >= 4 is 11.9 Å². The fourth-order valence-corrected chi connectivity index (χ4v) is 1.84. The summed E-state index contributed by atoms with van der Waals surface area (Å²) in [4.78, 5) is 22.4. The fourth-order valence-electron chi connectivity index (χ4n) is 1.84. The summed E-state index contributed by atoms with van der Waals surface area (Å²) in [6, 6.07) is 6.74. The largest absolute Gasteiger partial charge is 0.480 e. The van der Waals surface area contributed by atoms with E-state index in [2.05, 4.69) is 5.32 Å². The molecule has 3 N–H and O–H groups in total. The van der Waals surface area contributed by atoms with E-state index in [1.807, 2.05) is 6.92 Å². The lowest BCUT2D eigenvalue weighted by Gasteiger charge is -2.20. The average Bonchev–Trinajstić information content (AvgIpc) is 2.39. The summed E-state index contributed by atoms with van der Waals surface area (Å²) in [7, 11) is 0. The first-order valence-electron chi connectivity index (χ1n) is 6.32. The number of carbonyl (C=O) groups is 2. The zero-order valence-corrected chi connectivity index (χ0v) is 10.9. The van der Waals surface area contributed by atoms with E-state index >= 15 is 0 Å². The molecule has 0 radical (unpaired) electrons. The third kappa shape index (κ3) is 4.71. The predicted molar refractivity (Wildman–Crippen MR) is 70.9 cm³/mol. The van der Waals surface area contributed by atoms with Crippen molar-refractivity contribution in [3.8, 4) is 0 Å². The van der Waals surface area contributed by atoms with Crippen molar-refractivity contribution < 1.29 is 19.8 Å². The van der Waals surface area contributed by atoms with Crippen molar-refractivity contribution in [3.05, 3.63) is 35.9 Å². The number of rotatable bonds is 8. The van der Waals surface area contributed by atoms with E-state index in [4.69, 9.17) is 5.11 Å². The van der Waals surface area contributed by atoms with Gasteiger partial charge in [-0.1, -0.05) is 50.1 Å². The molecule has 0 aromatic heterocycles. The smallest absolute Gasteiger partial charge is 0.325 e. The number of carboxylic acids is 2. The molecule has 0 fully saturated rings. The Morgan fingerprint density at radius 1 is 1.16 bits per heavy atom. The highest BCUT2D eigenvalue weighted by Crippen LogP contribution is 2.15. The lowest BCUT2D eigenvalue weighted by atomic mass is 10.0. The molecule has 0 aliphatic rings. The van der Waals surface area contributed by atoms with Crippen LogP contribution in [0.1, 0.15) is 37.8 Å². The van der Waals surface area contributed by atoms with E-state index in [9.17, 15) is 14.7 Å². The van der Waals surface area contributed by atoms with Gasteiger partial charge in [-0.25, -0.2) is 0 Å². The first kappa shape index (κ1) is 15.2. The lowest BCUT2D eigenvalue weighted by molar-refractivity contribution is -0.142. The second-order valence-corrected chi connectivity index (χ2v) is 4.38. The van der Waals surface area contributed by atoms with Crippen LogP contribution in [0.3, 0.4) is 0 Å². The molecule has 0 spiro atoms. The first-order chi connectivity index (χ1) is 9.06. The summed E-state index contributed by atoms with van der Waals surface area (Å²) < 4.78 is 0. The van der Waals surface area contributed by atoms with Gasteiger partial charge in [0.25, 0.3) is 0 Å². The van der Waals surface area contributed by atoms with Gasteiger partial charge in [0.05, 0.1) is 0 Å². The minimum absolute atomic E-state index is 0.419. The van der Waals surface area contributed by atoms with Crippen LogP contribution < -0.4 is 5.32 Å². The van der Waals surface area contributed by atoms with Crippen LogP contribution in [0, 0.1) is 0 Å². The van der Waals surface area contributed by atoms with Gasteiger partial charge in [0.15, 0.2) is 0 Å². The quantitative estimate of drug-likeness (QED) is 0.669. The Morgan fingerprint density at radius 2 is 1.79 bits per heavy atom. The second-order valence-electron chi connectivity index (χ2n) is 4.38. The van der Waals surface area contributed by atoms with Crippen LogP contribution in [0.4, 0.5) is 0 Å². The van der Waals surface area contributed by atoms with Crippen LogP contribution in [-0.2, 0) is 9.59 Å². The van der Waals surface area contributed by atoms with E-state index in [-0.39, 0.29) is 0 Å². The normalized spacial score (nSPS) is 13.7. The fraction of sp³-hybridized carbons (Fsp3) is 0.429. The van der Waals surface area contributed by atoms with Crippen molar-refractivity contribution in [1.82, 2.24) is 5.32 Å². The summed E-state index contributed by atoms with van der Waals surface area (Å²) in [5.41, 5.74) is 0.553. The molecule has 104 valence electrons. The van der Waals surface area contributed by atoms with Crippen molar-refractivity contribution in [2.45, 2.75) is 38.3 Å². The summed E-state index contributed by atoms with van der Waals surface area (Å²) in [5, 5.41) is 21.1. The molecule has 0 aliphatic carbocycles. The molecule has 0 heterocycles. The number of hydrogen-bond acceptors (Lipinski definition) is 3. The number of nitrogens with one attached hydrogen (secondary N) is 1. The van der Waals surface area contributed by atoms with Crippen LogP contribution >= 0.6 is 0 Å². The molecule has 5 nitrogen and oxygen atoms in total. The van der Waals surface area contributed by atoms with E-state index in [1.165, 1.54) is 0 Å². The second kappa shape index (κ2) is 7.53. The van der Waals surface area contributed by atoms with Gasteiger partial charge >= 0.3 is 11.9 Å². The molecule has 1 aromatic carbocycles. The van der Waals surface area contributed by atoms with Gasteiger partial charge in [-0.05, 0) is 12.0 Å². The minimum atomic E-state index is -1.08. The van der Waals surface area contributed by atoms with Gasteiger partial charge in [-0.2, -0.15) is 0 Å². The van der Waals surface area contributed by atoms with Crippen LogP contribution in [0.15, 0.2) is 30.3 Å². The zero-order valence-electron chi connectivity index (χ0n) is 10.9. The van der Waals surface area contributed by atoms with Gasteiger partial charge in [0.1, 0.15) is 12.1 Å². The van der Waals surface area contributed by atoms with Gasteiger partial charge in [0, 0.05) is 0 Å².